The van der Waals surface area contributed by atoms with Gasteiger partial charge in [0.1, 0.15) is 11.5 Å². The van der Waals surface area contributed by atoms with Crippen LogP contribution in [0.5, 0.6) is 0 Å². The van der Waals surface area contributed by atoms with E-state index in [9.17, 15) is 4.79 Å². The smallest absolute Gasteiger partial charge is 0.318 e. The van der Waals surface area contributed by atoms with Crippen LogP contribution in [-0.4, -0.2) is 29.2 Å². The molecule has 7 nitrogen and oxygen atoms in total. The highest BCUT2D eigenvalue weighted by Gasteiger charge is 2.27. The van der Waals surface area contributed by atoms with Gasteiger partial charge in [0.15, 0.2) is 0 Å². The van der Waals surface area contributed by atoms with E-state index in [0.717, 1.165) is 29.9 Å². The Labute approximate surface area is 157 Å². The molecule has 3 heterocycles. The minimum absolute atomic E-state index is 0.00572. The summed E-state index contributed by atoms with van der Waals surface area (Å²) in [4.78, 5) is 14.4. The van der Waals surface area contributed by atoms with Gasteiger partial charge in [-0.3, -0.25) is 4.79 Å². The maximum absolute atomic E-state index is 12.4. The second-order valence-electron chi connectivity index (χ2n) is 6.75. The fourth-order valence-electron chi connectivity index (χ4n) is 3.27. The monoisotopic (exact) mass is 366 g/mol. The molecule has 4 rings (SSSR count). The van der Waals surface area contributed by atoms with Crippen LogP contribution in [0, 0.1) is 12.8 Å². The Morgan fingerprint density at radius 3 is 2.59 bits per heavy atom. The fourth-order valence-corrected chi connectivity index (χ4v) is 3.27. The molecule has 0 atom stereocenters. The number of hydrogen-bond acceptors (Lipinski definition) is 6. The zero-order valence-corrected chi connectivity index (χ0v) is 15.2. The van der Waals surface area contributed by atoms with Gasteiger partial charge in [0, 0.05) is 24.6 Å². The van der Waals surface area contributed by atoms with Crippen molar-refractivity contribution in [1.29, 1.82) is 0 Å². The summed E-state index contributed by atoms with van der Waals surface area (Å²) in [6.45, 7) is 3.75. The van der Waals surface area contributed by atoms with Crippen LogP contribution in [-0.2, 0) is 11.3 Å². The van der Waals surface area contributed by atoms with Crippen molar-refractivity contribution in [3.8, 4) is 11.5 Å². The van der Waals surface area contributed by atoms with Crippen molar-refractivity contribution in [2.24, 2.45) is 5.92 Å². The van der Waals surface area contributed by atoms with Crippen molar-refractivity contribution < 1.29 is 13.6 Å². The van der Waals surface area contributed by atoms with E-state index in [1.165, 1.54) is 0 Å². The first-order valence-corrected chi connectivity index (χ1v) is 9.16. The zero-order valence-electron chi connectivity index (χ0n) is 15.2. The molecule has 1 aliphatic rings. The Hall–Kier alpha value is -3.09. The van der Waals surface area contributed by atoms with Gasteiger partial charge in [-0.25, -0.2) is 0 Å². The quantitative estimate of drug-likeness (QED) is 0.747. The molecule has 2 aromatic heterocycles. The number of rotatable bonds is 5. The number of nitrogens with one attached hydrogen (secondary N) is 1. The van der Waals surface area contributed by atoms with E-state index in [-0.39, 0.29) is 11.8 Å². The Balaban J connectivity index is 1.30. The van der Waals surface area contributed by atoms with Gasteiger partial charge in [-0.05, 0) is 44.0 Å². The minimum Gasteiger partial charge on any atom is -0.465 e. The molecule has 3 aromatic rings. The van der Waals surface area contributed by atoms with E-state index < -0.39 is 0 Å². The van der Waals surface area contributed by atoms with Crippen LogP contribution in [0.15, 0.2) is 51.3 Å². The van der Waals surface area contributed by atoms with Crippen molar-refractivity contribution in [1.82, 2.24) is 15.5 Å². The highest BCUT2D eigenvalue weighted by molar-refractivity contribution is 5.78. The van der Waals surface area contributed by atoms with Gasteiger partial charge in [-0.15, -0.1) is 5.10 Å². The van der Waals surface area contributed by atoms with E-state index in [1.807, 2.05) is 54.3 Å². The maximum Gasteiger partial charge on any atom is 0.318 e. The van der Waals surface area contributed by atoms with Gasteiger partial charge in [-0.1, -0.05) is 23.3 Å². The van der Waals surface area contributed by atoms with Crippen LogP contribution >= 0.6 is 0 Å². The summed E-state index contributed by atoms with van der Waals surface area (Å²) in [5.74, 6) is 2.20. The lowest BCUT2D eigenvalue weighted by atomic mass is 9.96. The number of amides is 1. The number of benzene rings is 1. The van der Waals surface area contributed by atoms with Gasteiger partial charge in [-0.2, -0.15) is 0 Å². The first-order chi connectivity index (χ1) is 13.2. The number of nitrogens with zero attached hydrogens (tertiary/aromatic N) is 3. The van der Waals surface area contributed by atoms with Crippen LogP contribution in [0.1, 0.15) is 24.4 Å². The van der Waals surface area contributed by atoms with Crippen LogP contribution in [0.2, 0.25) is 0 Å². The molecular weight excluding hydrogens is 344 g/mol. The van der Waals surface area contributed by atoms with Crippen LogP contribution in [0.3, 0.4) is 0 Å². The first kappa shape index (κ1) is 17.3. The number of hydrogen-bond donors (Lipinski definition) is 1. The highest BCUT2D eigenvalue weighted by Crippen LogP contribution is 2.26. The molecule has 27 heavy (non-hydrogen) atoms. The number of aromatic nitrogens is 2. The number of anilines is 1. The molecule has 0 unspecified atom stereocenters. The van der Waals surface area contributed by atoms with Crippen LogP contribution in [0.25, 0.3) is 11.5 Å². The molecular formula is C20H22N4O3. The summed E-state index contributed by atoms with van der Waals surface area (Å²) in [5, 5.41) is 11.3. The Morgan fingerprint density at radius 1 is 1.11 bits per heavy atom. The number of piperidine rings is 1. The molecule has 0 bridgehead atoms. The molecule has 0 spiro atoms. The average Bonchev–Trinajstić information content (AvgIpc) is 3.36. The lowest BCUT2D eigenvalue weighted by Gasteiger charge is -2.29. The molecule has 1 saturated heterocycles. The standard InChI is InChI=1S/C20H22N4O3/c1-14-7-8-17(26-14)13-21-18(25)15-9-11-24(12-10-15)20-23-22-19(27-20)16-5-3-2-4-6-16/h2-8,15H,9-13H2,1H3,(H,21,25). The predicted octanol–water partition coefficient (Wildman–Crippen LogP) is 3.17. The van der Waals surface area contributed by atoms with Crippen molar-refractivity contribution in [3.63, 3.8) is 0 Å². The SMILES string of the molecule is Cc1ccc(CNC(=O)C2CCN(c3nnc(-c4ccccc4)o3)CC2)o1. The van der Waals surface area contributed by atoms with Gasteiger partial charge < -0.3 is 19.1 Å². The van der Waals surface area contributed by atoms with E-state index in [4.69, 9.17) is 8.83 Å². The Bertz CT molecular complexity index is 895. The number of carbonyl (C=O) groups excluding carboxylic acids is 1. The topological polar surface area (TPSA) is 84.4 Å². The summed E-state index contributed by atoms with van der Waals surface area (Å²) in [5.41, 5.74) is 0.902. The first-order valence-electron chi connectivity index (χ1n) is 9.16. The number of furan rings is 1. The maximum atomic E-state index is 12.4. The van der Waals surface area contributed by atoms with E-state index in [1.54, 1.807) is 0 Å². The minimum atomic E-state index is -0.00572. The summed E-state index contributed by atoms with van der Waals surface area (Å²) >= 11 is 0. The molecule has 0 aliphatic carbocycles. The Kier molecular flexibility index (Phi) is 4.91. The largest absolute Gasteiger partial charge is 0.465 e. The van der Waals surface area contributed by atoms with Crippen LogP contribution in [0.4, 0.5) is 6.01 Å². The molecule has 1 aliphatic heterocycles. The molecule has 1 N–H and O–H groups in total. The highest BCUT2D eigenvalue weighted by atomic mass is 16.4. The summed E-state index contributed by atoms with van der Waals surface area (Å²) in [6.07, 6.45) is 1.51. The number of aryl methyl sites for hydroxylation is 1. The lowest BCUT2D eigenvalue weighted by molar-refractivity contribution is -0.125. The average molecular weight is 366 g/mol. The molecule has 1 fully saturated rings. The molecule has 0 saturated carbocycles. The van der Waals surface area contributed by atoms with Crippen molar-refractivity contribution in [2.75, 3.05) is 18.0 Å². The summed E-state index contributed by atoms with van der Waals surface area (Å²) in [6, 6.07) is 14.0. The van der Waals surface area contributed by atoms with E-state index in [0.29, 0.717) is 31.5 Å². The second kappa shape index (κ2) is 7.65. The third-order valence-electron chi connectivity index (χ3n) is 4.80. The van der Waals surface area contributed by atoms with E-state index >= 15 is 0 Å². The van der Waals surface area contributed by atoms with Crippen molar-refractivity contribution >= 4 is 11.9 Å². The molecule has 1 aromatic carbocycles. The molecule has 1 amide bonds. The summed E-state index contributed by atoms with van der Waals surface area (Å²) in [7, 11) is 0. The Morgan fingerprint density at radius 2 is 1.89 bits per heavy atom. The second-order valence-corrected chi connectivity index (χ2v) is 6.75. The van der Waals surface area contributed by atoms with Gasteiger partial charge in [0.05, 0.1) is 6.54 Å². The third-order valence-corrected chi connectivity index (χ3v) is 4.80. The van der Waals surface area contributed by atoms with Crippen LogP contribution < -0.4 is 10.2 Å². The predicted molar refractivity (Wildman–Crippen MR) is 100.0 cm³/mol. The number of carbonyl (C=O) groups is 1. The van der Waals surface area contributed by atoms with Gasteiger partial charge in [0.2, 0.25) is 11.8 Å². The van der Waals surface area contributed by atoms with Gasteiger partial charge in [0.25, 0.3) is 0 Å². The summed E-state index contributed by atoms with van der Waals surface area (Å²) < 4.78 is 11.3. The van der Waals surface area contributed by atoms with Crippen molar-refractivity contribution in [3.05, 3.63) is 54.0 Å². The molecule has 140 valence electrons. The van der Waals surface area contributed by atoms with E-state index in [2.05, 4.69) is 15.5 Å². The third kappa shape index (κ3) is 4.02. The molecule has 7 heteroatoms. The van der Waals surface area contributed by atoms with Gasteiger partial charge >= 0.3 is 6.01 Å². The molecule has 0 radical (unpaired) electrons. The normalized spacial score (nSPS) is 15.1. The fraction of sp³-hybridized carbons (Fsp3) is 0.350. The zero-order chi connectivity index (χ0) is 18.6. The van der Waals surface area contributed by atoms with Crippen molar-refractivity contribution in [2.45, 2.75) is 26.3 Å². The lowest BCUT2D eigenvalue weighted by Crippen LogP contribution is -2.40.